The number of aliphatic carboxylic acids is 1. The van der Waals surface area contributed by atoms with E-state index in [2.05, 4.69) is 4.98 Å². The van der Waals surface area contributed by atoms with Gasteiger partial charge in [-0.05, 0) is 30.3 Å². The summed E-state index contributed by atoms with van der Waals surface area (Å²) in [6, 6.07) is 12.7. The first kappa shape index (κ1) is 17.4. The van der Waals surface area contributed by atoms with Crippen LogP contribution in [-0.4, -0.2) is 22.7 Å². The molecule has 1 aromatic heterocycles. The van der Waals surface area contributed by atoms with Gasteiger partial charge in [-0.3, -0.25) is 4.79 Å². The van der Waals surface area contributed by atoms with Crippen LogP contribution < -0.4 is 9.47 Å². The summed E-state index contributed by atoms with van der Waals surface area (Å²) >= 11 is 5.92. The molecule has 1 aliphatic rings. The van der Waals surface area contributed by atoms with E-state index in [1.165, 1.54) is 6.39 Å². The largest absolute Gasteiger partial charge is 0.492 e. The monoisotopic (exact) mass is 385 g/mol. The summed E-state index contributed by atoms with van der Waals surface area (Å²) < 4.78 is 16.9. The molecule has 3 aromatic rings. The zero-order valence-corrected chi connectivity index (χ0v) is 15.0. The van der Waals surface area contributed by atoms with Crippen molar-refractivity contribution in [2.45, 2.75) is 18.9 Å². The first-order valence-electron chi connectivity index (χ1n) is 8.40. The van der Waals surface area contributed by atoms with E-state index in [4.69, 9.17) is 30.6 Å². The van der Waals surface area contributed by atoms with Crippen molar-refractivity contribution in [1.29, 1.82) is 0 Å². The molecule has 0 fully saturated rings. The van der Waals surface area contributed by atoms with Crippen LogP contribution in [0.3, 0.4) is 0 Å². The van der Waals surface area contributed by atoms with Crippen LogP contribution in [0.2, 0.25) is 5.02 Å². The van der Waals surface area contributed by atoms with Crippen molar-refractivity contribution in [2.24, 2.45) is 0 Å². The van der Waals surface area contributed by atoms with Gasteiger partial charge in [0.2, 0.25) is 0 Å². The summed E-state index contributed by atoms with van der Waals surface area (Å²) in [6.45, 7) is 0.598. The van der Waals surface area contributed by atoms with Crippen LogP contribution in [0, 0.1) is 0 Å². The van der Waals surface area contributed by atoms with Gasteiger partial charge in [-0.15, -0.1) is 0 Å². The lowest BCUT2D eigenvalue weighted by molar-refractivity contribution is -0.137. The van der Waals surface area contributed by atoms with Gasteiger partial charge in [-0.2, -0.15) is 0 Å². The van der Waals surface area contributed by atoms with E-state index < -0.39 is 5.97 Å². The normalized spacial score (nSPS) is 15.2. The summed E-state index contributed by atoms with van der Waals surface area (Å²) in [5, 5.41) is 9.62. The standard InChI is InChI=1S/C20H16ClNO5/c21-14-3-1-12(2-4-14)20-17(22-11-27-20)10-25-15-5-6-16-13(7-19(23)24)9-26-18(16)8-15/h1-6,8,11,13H,7,9-10H2,(H,23,24). The summed E-state index contributed by atoms with van der Waals surface area (Å²) in [6.07, 6.45) is 1.43. The van der Waals surface area contributed by atoms with Crippen molar-refractivity contribution in [1.82, 2.24) is 4.98 Å². The van der Waals surface area contributed by atoms with E-state index in [0.29, 0.717) is 34.6 Å². The number of halogens is 1. The highest BCUT2D eigenvalue weighted by molar-refractivity contribution is 6.30. The lowest BCUT2D eigenvalue weighted by Crippen LogP contribution is -2.07. The van der Waals surface area contributed by atoms with Gasteiger partial charge in [0, 0.05) is 28.1 Å². The molecule has 0 bridgehead atoms. The zero-order valence-electron chi connectivity index (χ0n) is 14.2. The van der Waals surface area contributed by atoms with Gasteiger partial charge in [-0.1, -0.05) is 17.7 Å². The van der Waals surface area contributed by atoms with Gasteiger partial charge in [0.1, 0.15) is 23.8 Å². The molecule has 1 unspecified atom stereocenters. The van der Waals surface area contributed by atoms with Crippen LogP contribution in [0.25, 0.3) is 11.3 Å². The molecule has 0 amide bonds. The third-order valence-electron chi connectivity index (χ3n) is 4.41. The predicted molar refractivity (Wildman–Crippen MR) is 98.2 cm³/mol. The Morgan fingerprint density at radius 2 is 2.07 bits per heavy atom. The van der Waals surface area contributed by atoms with Crippen LogP contribution in [0.4, 0.5) is 0 Å². The molecule has 0 radical (unpaired) electrons. The molecule has 0 saturated heterocycles. The average molecular weight is 386 g/mol. The molecule has 1 atom stereocenters. The molecule has 0 aliphatic carbocycles. The fraction of sp³-hybridized carbons (Fsp3) is 0.200. The van der Waals surface area contributed by atoms with Crippen molar-refractivity contribution in [3.63, 3.8) is 0 Å². The number of rotatable bonds is 6. The van der Waals surface area contributed by atoms with E-state index in [0.717, 1.165) is 11.1 Å². The molecule has 4 rings (SSSR count). The van der Waals surface area contributed by atoms with Crippen LogP contribution in [0.15, 0.2) is 53.3 Å². The van der Waals surface area contributed by atoms with E-state index in [1.54, 1.807) is 18.2 Å². The summed E-state index contributed by atoms with van der Waals surface area (Å²) in [5.41, 5.74) is 2.43. The Balaban J connectivity index is 1.47. The molecule has 2 heterocycles. The maximum absolute atomic E-state index is 10.9. The highest BCUT2D eigenvalue weighted by Gasteiger charge is 2.26. The van der Waals surface area contributed by atoms with E-state index in [1.807, 2.05) is 24.3 Å². The van der Waals surface area contributed by atoms with Crippen LogP contribution in [-0.2, 0) is 11.4 Å². The van der Waals surface area contributed by atoms with Gasteiger partial charge in [0.15, 0.2) is 12.2 Å². The Morgan fingerprint density at radius 3 is 2.85 bits per heavy atom. The lowest BCUT2D eigenvalue weighted by atomic mass is 9.98. The van der Waals surface area contributed by atoms with Gasteiger partial charge >= 0.3 is 5.97 Å². The third kappa shape index (κ3) is 3.75. The van der Waals surface area contributed by atoms with Gasteiger partial charge in [-0.25, -0.2) is 4.98 Å². The molecule has 27 heavy (non-hydrogen) atoms. The van der Waals surface area contributed by atoms with Gasteiger partial charge < -0.3 is 19.0 Å². The summed E-state index contributed by atoms with van der Waals surface area (Å²) in [4.78, 5) is 15.2. The number of nitrogens with zero attached hydrogens (tertiary/aromatic N) is 1. The number of oxazole rings is 1. The molecule has 1 N–H and O–H groups in total. The number of ether oxygens (including phenoxy) is 2. The zero-order chi connectivity index (χ0) is 18.8. The minimum Gasteiger partial charge on any atom is -0.492 e. The van der Waals surface area contributed by atoms with E-state index >= 15 is 0 Å². The molecule has 7 heteroatoms. The van der Waals surface area contributed by atoms with Gasteiger partial charge in [0.05, 0.1) is 13.0 Å². The van der Waals surface area contributed by atoms with Crippen LogP contribution in [0.1, 0.15) is 23.6 Å². The van der Waals surface area contributed by atoms with E-state index in [9.17, 15) is 4.79 Å². The second kappa shape index (κ2) is 7.32. The number of carboxylic acids is 1. The Labute approximate surface area is 160 Å². The predicted octanol–water partition coefficient (Wildman–Crippen LogP) is 4.52. The maximum atomic E-state index is 10.9. The van der Waals surface area contributed by atoms with E-state index in [-0.39, 0.29) is 18.9 Å². The lowest BCUT2D eigenvalue weighted by Gasteiger charge is -2.08. The van der Waals surface area contributed by atoms with Crippen molar-refractivity contribution in [3.8, 4) is 22.8 Å². The number of hydrogen-bond acceptors (Lipinski definition) is 5. The number of benzene rings is 2. The Hall–Kier alpha value is -2.99. The molecule has 0 spiro atoms. The molecule has 2 aromatic carbocycles. The number of hydrogen-bond donors (Lipinski definition) is 1. The Kier molecular flexibility index (Phi) is 4.73. The number of aromatic nitrogens is 1. The van der Waals surface area contributed by atoms with Crippen LogP contribution in [0.5, 0.6) is 11.5 Å². The maximum Gasteiger partial charge on any atom is 0.304 e. The summed E-state index contributed by atoms with van der Waals surface area (Å²) in [7, 11) is 0. The second-order valence-corrected chi connectivity index (χ2v) is 6.67. The average Bonchev–Trinajstić information content (AvgIpc) is 3.27. The minimum absolute atomic E-state index is 0.0522. The number of carboxylic acid groups (broad SMARTS) is 1. The summed E-state index contributed by atoms with van der Waals surface area (Å²) in [5.74, 6) is 0.952. The van der Waals surface area contributed by atoms with Crippen molar-refractivity contribution >= 4 is 17.6 Å². The molecular weight excluding hydrogens is 370 g/mol. The number of carbonyl (C=O) groups is 1. The second-order valence-electron chi connectivity index (χ2n) is 6.23. The minimum atomic E-state index is -0.836. The first-order valence-corrected chi connectivity index (χ1v) is 8.77. The highest BCUT2D eigenvalue weighted by Crippen LogP contribution is 2.38. The third-order valence-corrected chi connectivity index (χ3v) is 4.66. The topological polar surface area (TPSA) is 81.8 Å². The molecular formula is C20H16ClNO5. The Morgan fingerprint density at radius 1 is 1.26 bits per heavy atom. The highest BCUT2D eigenvalue weighted by atomic mass is 35.5. The molecule has 0 saturated carbocycles. The quantitative estimate of drug-likeness (QED) is 0.671. The van der Waals surface area contributed by atoms with Crippen LogP contribution >= 0.6 is 11.6 Å². The van der Waals surface area contributed by atoms with Crippen molar-refractivity contribution in [2.75, 3.05) is 6.61 Å². The first-order chi connectivity index (χ1) is 13.1. The van der Waals surface area contributed by atoms with Crippen molar-refractivity contribution < 1.29 is 23.8 Å². The fourth-order valence-corrected chi connectivity index (χ4v) is 3.21. The fourth-order valence-electron chi connectivity index (χ4n) is 3.09. The van der Waals surface area contributed by atoms with Crippen molar-refractivity contribution in [3.05, 3.63) is 65.1 Å². The SMILES string of the molecule is O=C(O)CC1COc2cc(OCc3ncoc3-c3ccc(Cl)cc3)ccc21. The number of fused-ring (bicyclic) bond motifs is 1. The molecule has 6 nitrogen and oxygen atoms in total. The Bertz CT molecular complexity index is 967. The smallest absolute Gasteiger partial charge is 0.304 e. The molecule has 138 valence electrons. The van der Waals surface area contributed by atoms with Gasteiger partial charge in [0.25, 0.3) is 0 Å². The molecule has 1 aliphatic heterocycles.